The predicted octanol–water partition coefficient (Wildman–Crippen LogP) is 3.36. The van der Waals surface area contributed by atoms with E-state index in [-0.39, 0.29) is 10.6 Å². The van der Waals surface area contributed by atoms with Crippen LogP contribution >= 0.6 is 0 Å². The van der Waals surface area contributed by atoms with Gasteiger partial charge in [0.05, 0.1) is 4.92 Å². The predicted molar refractivity (Wildman–Crippen MR) is 60.1 cm³/mol. The van der Waals surface area contributed by atoms with Crippen LogP contribution in [0.5, 0.6) is 0 Å². The average molecular weight is 201 g/mol. The summed E-state index contributed by atoms with van der Waals surface area (Å²) in [5.74, 6) is 0. The second-order valence-corrected chi connectivity index (χ2v) is 3.65. The van der Waals surface area contributed by atoms with Crippen LogP contribution in [0.25, 0.3) is 10.8 Å². The van der Waals surface area contributed by atoms with Gasteiger partial charge in [0.2, 0.25) is 0 Å². The van der Waals surface area contributed by atoms with Gasteiger partial charge in [-0.1, -0.05) is 24.3 Å². The minimum atomic E-state index is -0.308. The van der Waals surface area contributed by atoms with Gasteiger partial charge in [-0.3, -0.25) is 10.1 Å². The molecule has 0 atom stereocenters. The lowest BCUT2D eigenvalue weighted by molar-refractivity contribution is -0.385. The lowest BCUT2D eigenvalue weighted by Crippen LogP contribution is -1.95. The first-order chi connectivity index (χ1) is 7.11. The SMILES string of the molecule is Cc1cc2ccccc2c(C)c1[N+](=O)[O-]. The van der Waals surface area contributed by atoms with E-state index in [2.05, 4.69) is 0 Å². The van der Waals surface area contributed by atoms with Crippen LogP contribution < -0.4 is 0 Å². The third-order valence-corrected chi connectivity index (χ3v) is 2.65. The van der Waals surface area contributed by atoms with Crippen LogP contribution in [-0.2, 0) is 0 Å². The molecule has 0 fully saturated rings. The van der Waals surface area contributed by atoms with Crippen LogP contribution in [0.4, 0.5) is 5.69 Å². The molecular formula is C12H11NO2. The Morgan fingerprint density at radius 3 is 2.53 bits per heavy atom. The lowest BCUT2D eigenvalue weighted by atomic mass is 10.0. The summed E-state index contributed by atoms with van der Waals surface area (Å²) < 4.78 is 0. The molecule has 0 bridgehead atoms. The summed E-state index contributed by atoms with van der Waals surface area (Å²) in [5.41, 5.74) is 1.69. The fraction of sp³-hybridized carbons (Fsp3) is 0.167. The molecule has 3 heteroatoms. The first-order valence-corrected chi connectivity index (χ1v) is 4.74. The van der Waals surface area contributed by atoms with Crippen molar-refractivity contribution in [2.24, 2.45) is 0 Å². The molecule has 2 aromatic rings. The molecule has 0 unspecified atom stereocenters. The van der Waals surface area contributed by atoms with E-state index < -0.39 is 0 Å². The van der Waals surface area contributed by atoms with Crippen molar-refractivity contribution < 1.29 is 4.92 Å². The fourth-order valence-corrected chi connectivity index (χ4v) is 1.97. The largest absolute Gasteiger partial charge is 0.275 e. The van der Waals surface area contributed by atoms with Gasteiger partial charge in [0, 0.05) is 11.1 Å². The highest BCUT2D eigenvalue weighted by Crippen LogP contribution is 2.30. The van der Waals surface area contributed by atoms with Gasteiger partial charge in [-0.2, -0.15) is 0 Å². The normalized spacial score (nSPS) is 10.5. The molecule has 2 aromatic carbocycles. The zero-order valence-corrected chi connectivity index (χ0v) is 8.65. The number of rotatable bonds is 1. The van der Waals surface area contributed by atoms with Crippen molar-refractivity contribution in [3.8, 4) is 0 Å². The van der Waals surface area contributed by atoms with Crippen LogP contribution in [0.15, 0.2) is 30.3 Å². The zero-order chi connectivity index (χ0) is 11.0. The Labute approximate surface area is 87.5 Å². The Balaban J connectivity index is 2.90. The minimum absolute atomic E-state index is 0.230. The van der Waals surface area contributed by atoms with Crippen LogP contribution in [0, 0.1) is 24.0 Å². The second-order valence-electron chi connectivity index (χ2n) is 3.65. The van der Waals surface area contributed by atoms with E-state index >= 15 is 0 Å². The minimum Gasteiger partial charge on any atom is -0.258 e. The smallest absolute Gasteiger partial charge is 0.258 e. The second kappa shape index (κ2) is 3.35. The van der Waals surface area contributed by atoms with Crippen molar-refractivity contribution in [3.05, 3.63) is 51.6 Å². The Hall–Kier alpha value is -1.90. The van der Waals surface area contributed by atoms with E-state index in [0.29, 0.717) is 0 Å². The average Bonchev–Trinajstić information content (AvgIpc) is 2.17. The summed E-state index contributed by atoms with van der Waals surface area (Å²) in [4.78, 5) is 10.6. The van der Waals surface area contributed by atoms with Gasteiger partial charge in [0.25, 0.3) is 5.69 Å². The van der Waals surface area contributed by atoms with Gasteiger partial charge in [0.1, 0.15) is 0 Å². The first-order valence-electron chi connectivity index (χ1n) is 4.74. The number of nitrogens with zero attached hydrogens (tertiary/aromatic N) is 1. The molecule has 3 nitrogen and oxygen atoms in total. The van der Waals surface area contributed by atoms with Crippen molar-refractivity contribution >= 4 is 16.5 Å². The van der Waals surface area contributed by atoms with Gasteiger partial charge < -0.3 is 0 Å². The van der Waals surface area contributed by atoms with Crippen molar-refractivity contribution in [2.75, 3.05) is 0 Å². The Morgan fingerprint density at radius 2 is 1.87 bits per heavy atom. The van der Waals surface area contributed by atoms with Crippen LogP contribution in [0.3, 0.4) is 0 Å². The maximum Gasteiger partial charge on any atom is 0.275 e. The van der Waals surface area contributed by atoms with Crippen LogP contribution in [0.1, 0.15) is 11.1 Å². The van der Waals surface area contributed by atoms with Gasteiger partial charge in [-0.05, 0) is 30.7 Å². The molecule has 0 aliphatic carbocycles. The summed E-state index contributed by atoms with van der Waals surface area (Å²) in [6.45, 7) is 3.57. The summed E-state index contributed by atoms with van der Waals surface area (Å²) in [6, 6.07) is 9.58. The summed E-state index contributed by atoms with van der Waals surface area (Å²) in [5, 5.41) is 12.9. The highest BCUT2D eigenvalue weighted by molar-refractivity contribution is 5.89. The van der Waals surface area contributed by atoms with E-state index in [1.54, 1.807) is 13.8 Å². The molecule has 0 saturated carbocycles. The monoisotopic (exact) mass is 201 g/mol. The molecule has 0 radical (unpaired) electrons. The molecule has 0 aliphatic rings. The quantitative estimate of drug-likeness (QED) is 0.524. The van der Waals surface area contributed by atoms with Crippen molar-refractivity contribution in [1.82, 2.24) is 0 Å². The Morgan fingerprint density at radius 1 is 1.20 bits per heavy atom. The summed E-state index contributed by atoms with van der Waals surface area (Å²) in [7, 11) is 0. The Bertz CT molecular complexity index is 547. The van der Waals surface area contributed by atoms with Gasteiger partial charge in [0.15, 0.2) is 0 Å². The maximum atomic E-state index is 10.9. The third kappa shape index (κ3) is 1.46. The van der Waals surface area contributed by atoms with Crippen molar-refractivity contribution in [1.29, 1.82) is 0 Å². The molecule has 0 saturated heterocycles. The first kappa shape index (κ1) is 9.65. The molecule has 0 amide bonds. The maximum absolute atomic E-state index is 10.9. The van der Waals surface area contributed by atoms with Gasteiger partial charge in [-0.15, -0.1) is 0 Å². The molecule has 2 rings (SSSR count). The van der Waals surface area contributed by atoms with E-state index in [9.17, 15) is 10.1 Å². The van der Waals surface area contributed by atoms with Crippen LogP contribution in [-0.4, -0.2) is 4.92 Å². The number of aryl methyl sites for hydroxylation is 2. The van der Waals surface area contributed by atoms with E-state index in [1.807, 2.05) is 30.3 Å². The van der Waals surface area contributed by atoms with E-state index in [1.165, 1.54) is 0 Å². The van der Waals surface area contributed by atoms with E-state index in [0.717, 1.165) is 21.9 Å². The standard InChI is InChI=1S/C12H11NO2/c1-8-7-10-5-3-4-6-11(10)9(2)12(8)13(14)15/h3-7H,1-2H3. The van der Waals surface area contributed by atoms with Gasteiger partial charge in [-0.25, -0.2) is 0 Å². The summed E-state index contributed by atoms with van der Waals surface area (Å²) >= 11 is 0. The molecule has 0 aliphatic heterocycles. The fourth-order valence-electron chi connectivity index (χ4n) is 1.97. The number of nitro benzene ring substituents is 1. The molecule has 0 aromatic heterocycles. The molecule has 15 heavy (non-hydrogen) atoms. The number of fused-ring (bicyclic) bond motifs is 1. The number of hydrogen-bond acceptors (Lipinski definition) is 2. The highest BCUT2D eigenvalue weighted by atomic mass is 16.6. The number of nitro groups is 1. The molecule has 76 valence electrons. The van der Waals surface area contributed by atoms with Gasteiger partial charge >= 0.3 is 0 Å². The van der Waals surface area contributed by atoms with E-state index in [4.69, 9.17) is 0 Å². The molecule has 0 N–H and O–H groups in total. The van der Waals surface area contributed by atoms with Crippen LogP contribution in [0.2, 0.25) is 0 Å². The Kier molecular flexibility index (Phi) is 2.15. The number of benzene rings is 2. The van der Waals surface area contributed by atoms with Crippen molar-refractivity contribution in [3.63, 3.8) is 0 Å². The third-order valence-electron chi connectivity index (χ3n) is 2.65. The molecule has 0 heterocycles. The molecular weight excluding hydrogens is 190 g/mol. The molecule has 0 spiro atoms. The zero-order valence-electron chi connectivity index (χ0n) is 8.65. The lowest BCUT2D eigenvalue weighted by Gasteiger charge is -2.05. The van der Waals surface area contributed by atoms with Crippen molar-refractivity contribution in [2.45, 2.75) is 13.8 Å². The highest BCUT2D eigenvalue weighted by Gasteiger charge is 2.16. The summed E-state index contributed by atoms with van der Waals surface area (Å²) in [6.07, 6.45) is 0. The number of hydrogen-bond donors (Lipinski definition) is 0. The topological polar surface area (TPSA) is 43.1 Å².